The van der Waals surface area contributed by atoms with E-state index in [2.05, 4.69) is 26.6 Å². The molecule has 0 aliphatic carbocycles. The summed E-state index contributed by atoms with van der Waals surface area (Å²) in [6.45, 7) is 0.450. The van der Waals surface area contributed by atoms with Crippen molar-refractivity contribution < 1.29 is 9.18 Å². The molecule has 0 bridgehead atoms. The van der Waals surface area contributed by atoms with Gasteiger partial charge in [-0.3, -0.25) is 4.79 Å². The number of halogens is 2. The first-order valence-electron chi connectivity index (χ1n) is 6.18. The molecule has 0 aliphatic rings. The van der Waals surface area contributed by atoms with Gasteiger partial charge in [0.15, 0.2) is 0 Å². The summed E-state index contributed by atoms with van der Waals surface area (Å²) in [5, 5.41) is 5.80. The maximum atomic E-state index is 13.0. The van der Waals surface area contributed by atoms with Gasteiger partial charge in [-0.2, -0.15) is 0 Å². The SMILES string of the molecule is O=C(CCNc1cccc(F)c1)Nc1ccc(Br)cc1. The highest BCUT2D eigenvalue weighted by Gasteiger charge is 2.02. The maximum absolute atomic E-state index is 13.0. The van der Waals surface area contributed by atoms with Gasteiger partial charge in [-0.15, -0.1) is 0 Å². The number of amides is 1. The molecule has 5 heteroatoms. The predicted octanol–water partition coefficient (Wildman–Crippen LogP) is 4.03. The molecule has 0 aromatic heterocycles. The second kappa shape index (κ2) is 7.05. The van der Waals surface area contributed by atoms with Crippen LogP contribution in [0, 0.1) is 5.82 Å². The van der Waals surface area contributed by atoms with Gasteiger partial charge in [0.25, 0.3) is 0 Å². The van der Waals surface area contributed by atoms with E-state index < -0.39 is 0 Å². The smallest absolute Gasteiger partial charge is 0.226 e. The number of hydrogen-bond acceptors (Lipinski definition) is 2. The van der Waals surface area contributed by atoms with E-state index in [0.717, 1.165) is 10.2 Å². The second-order valence-electron chi connectivity index (χ2n) is 4.24. The Labute approximate surface area is 125 Å². The van der Waals surface area contributed by atoms with E-state index >= 15 is 0 Å². The number of carbonyl (C=O) groups excluding carboxylic acids is 1. The molecule has 0 heterocycles. The Morgan fingerprint density at radius 1 is 1.10 bits per heavy atom. The largest absolute Gasteiger partial charge is 0.384 e. The maximum Gasteiger partial charge on any atom is 0.226 e. The van der Waals surface area contributed by atoms with E-state index in [-0.39, 0.29) is 11.7 Å². The van der Waals surface area contributed by atoms with Gasteiger partial charge < -0.3 is 10.6 Å². The minimum absolute atomic E-state index is 0.0868. The molecule has 0 spiro atoms. The molecule has 104 valence electrons. The summed E-state index contributed by atoms with van der Waals surface area (Å²) < 4.78 is 13.9. The minimum Gasteiger partial charge on any atom is -0.384 e. The number of carbonyl (C=O) groups is 1. The topological polar surface area (TPSA) is 41.1 Å². The third kappa shape index (κ3) is 4.66. The Kier molecular flexibility index (Phi) is 5.12. The average Bonchev–Trinajstić information content (AvgIpc) is 2.41. The summed E-state index contributed by atoms with van der Waals surface area (Å²) in [4.78, 5) is 11.7. The number of hydrogen-bond donors (Lipinski definition) is 2. The average molecular weight is 337 g/mol. The van der Waals surface area contributed by atoms with Crippen LogP contribution in [0.2, 0.25) is 0 Å². The van der Waals surface area contributed by atoms with Crippen molar-refractivity contribution in [3.05, 3.63) is 58.8 Å². The Balaban J connectivity index is 1.76. The van der Waals surface area contributed by atoms with Crippen LogP contribution in [0.5, 0.6) is 0 Å². The second-order valence-corrected chi connectivity index (χ2v) is 5.16. The lowest BCUT2D eigenvalue weighted by Gasteiger charge is -2.07. The predicted molar refractivity (Wildman–Crippen MR) is 82.3 cm³/mol. The molecule has 1 amide bonds. The van der Waals surface area contributed by atoms with Gasteiger partial charge in [0.1, 0.15) is 5.82 Å². The summed E-state index contributed by atoms with van der Waals surface area (Å²) in [7, 11) is 0. The number of benzene rings is 2. The van der Waals surface area contributed by atoms with E-state index in [1.54, 1.807) is 12.1 Å². The van der Waals surface area contributed by atoms with Crippen molar-refractivity contribution >= 4 is 33.2 Å². The molecule has 0 saturated heterocycles. The molecule has 0 atom stereocenters. The van der Waals surface area contributed by atoms with Crippen molar-refractivity contribution in [2.45, 2.75) is 6.42 Å². The number of rotatable bonds is 5. The Bertz CT molecular complexity index is 587. The summed E-state index contributed by atoms with van der Waals surface area (Å²) in [6, 6.07) is 13.5. The van der Waals surface area contributed by atoms with Gasteiger partial charge in [0.2, 0.25) is 5.91 Å². The van der Waals surface area contributed by atoms with Gasteiger partial charge in [-0.1, -0.05) is 22.0 Å². The number of nitrogens with one attached hydrogen (secondary N) is 2. The van der Waals surface area contributed by atoms with Gasteiger partial charge in [-0.05, 0) is 42.5 Å². The lowest BCUT2D eigenvalue weighted by atomic mass is 10.3. The molecular weight excluding hydrogens is 323 g/mol. The highest BCUT2D eigenvalue weighted by molar-refractivity contribution is 9.10. The summed E-state index contributed by atoms with van der Waals surface area (Å²) in [5.74, 6) is -0.384. The zero-order chi connectivity index (χ0) is 14.4. The van der Waals surface area contributed by atoms with Crippen LogP contribution in [-0.4, -0.2) is 12.5 Å². The fraction of sp³-hybridized carbons (Fsp3) is 0.133. The van der Waals surface area contributed by atoms with E-state index in [4.69, 9.17) is 0 Å². The Morgan fingerprint density at radius 3 is 2.55 bits per heavy atom. The van der Waals surface area contributed by atoms with Gasteiger partial charge in [0, 0.05) is 28.8 Å². The Morgan fingerprint density at radius 2 is 1.85 bits per heavy atom. The molecule has 0 radical (unpaired) electrons. The molecule has 0 saturated carbocycles. The third-order valence-corrected chi connectivity index (χ3v) is 3.16. The molecule has 0 unspecified atom stereocenters. The van der Waals surface area contributed by atoms with Crippen molar-refractivity contribution in [2.75, 3.05) is 17.2 Å². The lowest BCUT2D eigenvalue weighted by molar-refractivity contribution is -0.115. The molecular formula is C15H14BrFN2O. The van der Waals surface area contributed by atoms with E-state index in [0.29, 0.717) is 18.7 Å². The van der Waals surface area contributed by atoms with Gasteiger partial charge in [0.05, 0.1) is 0 Å². The van der Waals surface area contributed by atoms with Crippen molar-refractivity contribution in [3.63, 3.8) is 0 Å². The quantitative estimate of drug-likeness (QED) is 0.865. The zero-order valence-electron chi connectivity index (χ0n) is 10.7. The highest BCUT2D eigenvalue weighted by atomic mass is 79.9. The third-order valence-electron chi connectivity index (χ3n) is 2.63. The van der Waals surface area contributed by atoms with Crippen molar-refractivity contribution in [1.29, 1.82) is 0 Å². The molecule has 0 fully saturated rings. The van der Waals surface area contributed by atoms with E-state index in [1.807, 2.05) is 24.3 Å². The van der Waals surface area contributed by atoms with Gasteiger partial charge >= 0.3 is 0 Å². The molecule has 2 rings (SSSR count). The summed E-state index contributed by atoms with van der Waals surface area (Å²) >= 11 is 3.33. The molecule has 3 nitrogen and oxygen atoms in total. The van der Waals surface area contributed by atoms with E-state index in [9.17, 15) is 9.18 Å². The normalized spacial score (nSPS) is 10.1. The van der Waals surface area contributed by atoms with Crippen molar-refractivity contribution in [1.82, 2.24) is 0 Å². The summed E-state index contributed by atoms with van der Waals surface area (Å²) in [6.07, 6.45) is 0.312. The minimum atomic E-state index is -0.297. The molecule has 2 aromatic carbocycles. The monoisotopic (exact) mass is 336 g/mol. The van der Waals surface area contributed by atoms with Crippen LogP contribution in [-0.2, 0) is 4.79 Å². The molecule has 20 heavy (non-hydrogen) atoms. The Hall–Kier alpha value is -1.88. The first kappa shape index (κ1) is 14.5. The van der Waals surface area contributed by atoms with Crippen molar-refractivity contribution in [3.8, 4) is 0 Å². The number of anilines is 2. The standard InChI is InChI=1S/C15H14BrFN2O/c16-11-4-6-13(7-5-11)19-15(20)8-9-18-14-3-1-2-12(17)10-14/h1-7,10,18H,8-9H2,(H,19,20). The van der Waals surface area contributed by atoms with Crippen LogP contribution in [0.4, 0.5) is 15.8 Å². The molecule has 0 aliphatic heterocycles. The lowest BCUT2D eigenvalue weighted by Crippen LogP contribution is -2.16. The summed E-state index contributed by atoms with van der Waals surface area (Å²) in [5.41, 5.74) is 1.42. The first-order chi connectivity index (χ1) is 9.63. The first-order valence-corrected chi connectivity index (χ1v) is 6.97. The van der Waals surface area contributed by atoms with Crippen LogP contribution in [0.1, 0.15) is 6.42 Å². The van der Waals surface area contributed by atoms with Crippen LogP contribution >= 0.6 is 15.9 Å². The molecule has 2 aromatic rings. The fourth-order valence-corrected chi connectivity index (χ4v) is 1.94. The van der Waals surface area contributed by atoms with Crippen LogP contribution in [0.15, 0.2) is 53.0 Å². The fourth-order valence-electron chi connectivity index (χ4n) is 1.68. The molecule has 2 N–H and O–H groups in total. The van der Waals surface area contributed by atoms with Gasteiger partial charge in [-0.25, -0.2) is 4.39 Å². The van der Waals surface area contributed by atoms with Crippen LogP contribution < -0.4 is 10.6 Å². The highest BCUT2D eigenvalue weighted by Crippen LogP contribution is 2.14. The van der Waals surface area contributed by atoms with E-state index in [1.165, 1.54) is 12.1 Å². The zero-order valence-corrected chi connectivity index (χ0v) is 12.3. The van der Waals surface area contributed by atoms with Crippen LogP contribution in [0.3, 0.4) is 0 Å². The van der Waals surface area contributed by atoms with Crippen molar-refractivity contribution in [2.24, 2.45) is 0 Å². The van der Waals surface area contributed by atoms with Crippen LogP contribution in [0.25, 0.3) is 0 Å².